The summed E-state index contributed by atoms with van der Waals surface area (Å²) in [5.41, 5.74) is 12.0. The third-order valence-corrected chi connectivity index (χ3v) is 12.0. The van der Waals surface area contributed by atoms with Crippen LogP contribution < -0.4 is 4.90 Å². The Bertz CT molecular complexity index is 3280. The Hall–Kier alpha value is -7.45. The highest BCUT2D eigenvalue weighted by molar-refractivity contribution is 6.18. The number of benzene rings is 7. The summed E-state index contributed by atoms with van der Waals surface area (Å²) in [5.74, 6) is 1.50. The molecule has 60 heavy (non-hydrogen) atoms. The highest BCUT2D eigenvalue weighted by Gasteiger charge is 2.37. The largest absolute Gasteiger partial charge is 0.416 e. The first-order valence-corrected chi connectivity index (χ1v) is 19.9. The normalized spacial score (nSPS) is 13.5. The second-order valence-corrected chi connectivity index (χ2v) is 15.8. The number of nitrogens with one attached hydrogen (secondary N) is 1. The molecule has 5 nitrogen and oxygen atoms in total. The minimum atomic E-state index is -4.50. The van der Waals surface area contributed by atoms with Crippen molar-refractivity contribution in [3.63, 3.8) is 0 Å². The van der Waals surface area contributed by atoms with Gasteiger partial charge in [0.15, 0.2) is 0 Å². The van der Waals surface area contributed by atoms with Crippen molar-refractivity contribution in [3.8, 4) is 39.3 Å². The lowest BCUT2D eigenvalue weighted by Gasteiger charge is -2.41. The molecule has 0 fully saturated rings. The zero-order valence-corrected chi connectivity index (χ0v) is 32.7. The summed E-state index contributed by atoms with van der Waals surface area (Å²) in [4.78, 5) is 16.1. The van der Waals surface area contributed by atoms with Crippen LogP contribution in [0.1, 0.15) is 30.5 Å². The maximum Gasteiger partial charge on any atom is 0.416 e. The Kier molecular flexibility index (Phi) is 7.91. The molecule has 1 aliphatic heterocycles. The average molecular weight is 788 g/mol. The Morgan fingerprint density at radius 1 is 0.600 bits per heavy atom. The molecule has 0 atom stereocenters. The standard InChI is InChI=1S/C52H36F3N5/c1-51(2)40-19-9-10-20-43(40)60(46-22-11-12-29-56-46)45-30-33(23-27-41(45)51)37-18-13-21-44-48(37)58-50(59(44)35-16-7-4-8-17-35)38-26-25-36(32-14-5-3-6-15-32)47-39-31-34(52(53,54)55)24-28-42(39)57-49(38)47/h3-31,57H,1-2H3. The van der Waals surface area contributed by atoms with E-state index in [1.807, 2.05) is 85.1 Å². The number of alkyl halides is 3. The van der Waals surface area contributed by atoms with Crippen LogP contribution in [0.3, 0.4) is 0 Å². The first kappa shape index (κ1) is 35.7. The van der Waals surface area contributed by atoms with Gasteiger partial charge in [-0.15, -0.1) is 0 Å². The quantitative estimate of drug-likeness (QED) is 0.189. The molecule has 0 radical (unpaired) electrons. The molecule has 0 amide bonds. The number of para-hydroxylation sites is 3. The Morgan fingerprint density at radius 2 is 1.33 bits per heavy atom. The molecular formula is C52H36F3N5. The number of imidazole rings is 1. The molecule has 0 saturated heterocycles. The molecule has 0 spiro atoms. The van der Waals surface area contributed by atoms with Crippen LogP contribution >= 0.6 is 0 Å². The SMILES string of the molecule is CC1(C)c2ccccc2N(c2ccccn2)c2cc(-c3cccc4c3nc(-c3ccc(-c5ccccc5)c5c3[nH]c3ccc(C(F)(F)F)cc35)n4-c3ccccc3)ccc21. The first-order valence-electron chi connectivity index (χ1n) is 19.9. The third-order valence-electron chi connectivity index (χ3n) is 12.0. The van der Waals surface area contributed by atoms with Gasteiger partial charge in [0.25, 0.3) is 0 Å². The van der Waals surface area contributed by atoms with Gasteiger partial charge >= 0.3 is 6.18 Å². The molecule has 4 heterocycles. The number of anilines is 3. The van der Waals surface area contributed by atoms with Crippen molar-refractivity contribution in [3.05, 3.63) is 193 Å². The second-order valence-electron chi connectivity index (χ2n) is 15.8. The summed E-state index contributed by atoms with van der Waals surface area (Å²) < 4.78 is 44.8. The van der Waals surface area contributed by atoms with Crippen LogP contribution in [-0.2, 0) is 11.6 Å². The molecule has 1 aliphatic rings. The second kappa shape index (κ2) is 13.3. The van der Waals surface area contributed by atoms with Crippen molar-refractivity contribution in [2.45, 2.75) is 25.4 Å². The minimum absolute atomic E-state index is 0.276. The van der Waals surface area contributed by atoms with Gasteiger partial charge in [-0.3, -0.25) is 9.47 Å². The summed E-state index contributed by atoms with van der Waals surface area (Å²) in [7, 11) is 0. The number of nitrogens with zero attached hydrogens (tertiary/aromatic N) is 4. The van der Waals surface area contributed by atoms with Gasteiger partial charge in [-0.05, 0) is 94.5 Å². The zero-order valence-electron chi connectivity index (χ0n) is 32.7. The minimum Gasteiger partial charge on any atom is -0.354 e. The van der Waals surface area contributed by atoms with Crippen LogP contribution in [0.25, 0.3) is 72.2 Å². The monoisotopic (exact) mass is 787 g/mol. The highest BCUT2D eigenvalue weighted by atomic mass is 19.4. The van der Waals surface area contributed by atoms with Crippen molar-refractivity contribution in [1.29, 1.82) is 0 Å². The van der Waals surface area contributed by atoms with Gasteiger partial charge in [0, 0.05) is 44.7 Å². The molecule has 3 aromatic heterocycles. The number of hydrogen-bond acceptors (Lipinski definition) is 3. The number of rotatable bonds is 5. The third kappa shape index (κ3) is 5.48. The lowest BCUT2D eigenvalue weighted by atomic mass is 9.73. The van der Waals surface area contributed by atoms with Gasteiger partial charge in [0.05, 0.1) is 33.5 Å². The summed E-state index contributed by atoms with van der Waals surface area (Å²) in [5, 5.41) is 1.21. The van der Waals surface area contributed by atoms with Crippen molar-refractivity contribution >= 4 is 50.0 Å². The van der Waals surface area contributed by atoms with Gasteiger partial charge in [-0.25, -0.2) is 9.97 Å². The molecule has 1 N–H and O–H groups in total. The maximum atomic E-state index is 14.2. The zero-order chi connectivity index (χ0) is 40.8. The summed E-state index contributed by atoms with van der Waals surface area (Å²) in [6.45, 7) is 4.54. The van der Waals surface area contributed by atoms with Crippen LogP contribution in [0, 0.1) is 0 Å². The molecule has 0 unspecified atom stereocenters. The Morgan fingerprint density at radius 3 is 2.12 bits per heavy atom. The van der Waals surface area contributed by atoms with Gasteiger partial charge < -0.3 is 4.98 Å². The van der Waals surface area contributed by atoms with E-state index >= 15 is 0 Å². The van der Waals surface area contributed by atoms with Crippen LogP contribution in [-0.4, -0.2) is 19.5 Å². The summed E-state index contributed by atoms with van der Waals surface area (Å²) in [6, 6.07) is 55.3. The molecule has 8 heteroatoms. The first-order chi connectivity index (χ1) is 29.2. The van der Waals surface area contributed by atoms with E-state index in [0.717, 1.165) is 67.8 Å². The fraction of sp³-hybridized carbons (Fsp3) is 0.0769. The van der Waals surface area contributed by atoms with Crippen molar-refractivity contribution in [2.24, 2.45) is 0 Å². The average Bonchev–Trinajstić information content (AvgIpc) is 3.86. The van der Waals surface area contributed by atoms with Crippen LogP contribution in [0.15, 0.2) is 176 Å². The predicted octanol–water partition coefficient (Wildman–Crippen LogP) is 14.2. The molecule has 10 aromatic rings. The highest BCUT2D eigenvalue weighted by Crippen LogP contribution is 2.53. The van der Waals surface area contributed by atoms with E-state index in [2.05, 4.69) is 101 Å². The number of aromatic nitrogens is 4. The molecule has 0 aliphatic carbocycles. The Labute approximate surface area is 344 Å². The lowest BCUT2D eigenvalue weighted by Crippen LogP contribution is -2.30. The molecule has 7 aromatic carbocycles. The van der Waals surface area contributed by atoms with Gasteiger partial charge in [-0.1, -0.05) is 117 Å². The van der Waals surface area contributed by atoms with E-state index in [0.29, 0.717) is 27.6 Å². The van der Waals surface area contributed by atoms with Crippen molar-refractivity contribution < 1.29 is 13.2 Å². The fourth-order valence-electron chi connectivity index (χ4n) is 9.20. The molecule has 0 bridgehead atoms. The van der Waals surface area contributed by atoms with Crippen molar-refractivity contribution in [2.75, 3.05) is 4.90 Å². The van der Waals surface area contributed by atoms with Gasteiger partial charge in [0.1, 0.15) is 11.6 Å². The smallest absolute Gasteiger partial charge is 0.354 e. The van der Waals surface area contributed by atoms with Crippen molar-refractivity contribution in [1.82, 2.24) is 19.5 Å². The number of hydrogen-bond donors (Lipinski definition) is 1. The molecule has 290 valence electrons. The van der Waals surface area contributed by atoms with E-state index in [-0.39, 0.29) is 5.41 Å². The van der Waals surface area contributed by atoms with E-state index < -0.39 is 11.7 Å². The lowest BCUT2D eigenvalue weighted by molar-refractivity contribution is -0.137. The van der Waals surface area contributed by atoms with E-state index in [4.69, 9.17) is 9.97 Å². The van der Waals surface area contributed by atoms with Crippen LogP contribution in [0.2, 0.25) is 0 Å². The Balaban J connectivity index is 1.17. The number of fused-ring (bicyclic) bond motifs is 6. The molecular weight excluding hydrogens is 752 g/mol. The predicted molar refractivity (Wildman–Crippen MR) is 236 cm³/mol. The maximum absolute atomic E-state index is 14.2. The number of aromatic amines is 1. The summed E-state index contributed by atoms with van der Waals surface area (Å²) >= 11 is 0. The number of H-pyrrole nitrogens is 1. The topological polar surface area (TPSA) is 49.7 Å². The van der Waals surface area contributed by atoms with E-state index in [1.54, 1.807) is 0 Å². The van der Waals surface area contributed by atoms with Crippen LogP contribution in [0.4, 0.5) is 30.4 Å². The van der Waals surface area contributed by atoms with E-state index in [1.165, 1.54) is 23.3 Å². The summed E-state index contributed by atoms with van der Waals surface area (Å²) in [6.07, 6.45) is -2.67. The van der Waals surface area contributed by atoms with E-state index in [9.17, 15) is 13.2 Å². The van der Waals surface area contributed by atoms with Gasteiger partial charge in [-0.2, -0.15) is 13.2 Å². The number of pyridine rings is 1. The molecule has 11 rings (SSSR count). The van der Waals surface area contributed by atoms with Gasteiger partial charge in [0.2, 0.25) is 0 Å². The number of halogens is 3. The van der Waals surface area contributed by atoms with Crippen LogP contribution in [0.5, 0.6) is 0 Å². The molecule has 0 saturated carbocycles. The fourth-order valence-corrected chi connectivity index (χ4v) is 9.20.